The topological polar surface area (TPSA) is 32.7 Å². The zero-order chi connectivity index (χ0) is 14.5. The molecule has 0 aliphatic carbocycles. The monoisotopic (exact) mass is 272 g/mol. The maximum atomic E-state index is 13.6. The molecule has 0 N–H and O–H groups in total. The highest BCUT2D eigenvalue weighted by Crippen LogP contribution is 2.17. The standard InChI is InChI=1S/C16H17FN2O/c1-3-4-5-10-19-16(20)9-8-15(18-19)13-7-6-12(2)14(17)11-13/h6-7,11H,3-4,8-9H2,1-2H3. The van der Waals surface area contributed by atoms with Gasteiger partial charge in [-0.3, -0.25) is 4.79 Å². The SMILES string of the molecule is CCCC#CN1N=C(c2ccc(C)c(F)c2)CCC1=O. The average Bonchev–Trinajstić information content (AvgIpc) is 2.44. The molecule has 3 nitrogen and oxygen atoms in total. The Kier molecular flexibility index (Phi) is 4.52. The molecular formula is C16H17FN2O. The largest absolute Gasteiger partial charge is 0.272 e. The van der Waals surface area contributed by atoms with Crippen LogP contribution in [0.5, 0.6) is 0 Å². The smallest absolute Gasteiger partial charge is 0.255 e. The summed E-state index contributed by atoms with van der Waals surface area (Å²) in [5, 5.41) is 5.42. The van der Waals surface area contributed by atoms with Crippen LogP contribution < -0.4 is 0 Å². The zero-order valence-electron chi connectivity index (χ0n) is 11.7. The lowest BCUT2D eigenvalue weighted by Gasteiger charge is -2.18. The average molecular weight is 272 g/mol. The normalized spacial score (nSPS) is 14.7. The molecule has 4 heteroatoms. The number of hydrogen-bond donors (Lipinski definition) is 0. The van der Waals surface area contributed by atoms with Crippen LogP contribution in [0.4, 0.5) is 4.39 Å². The predicted molar refractivity (Wildman–Crippen MR) is 76.4 cm³/mol. The number of hydrazone groups is 1. The first-order valence-corrected chi connectivity index (χ1v) is 6.77. The van der Waals surface area contributed by atoms with Gasteiger partial charge in [0, 0.05) is 30.9 Å². The molecule has 0 saturated heterocycles. The van der Waals surface area contributed by atoms with Crippen molar-refractivity contribution in [2.24, 2.45) is 5.10 Å². The van der Waals surface area contributed by atoms with Crippen LogP contribution in [-0.4, -0.2) is 16.6 Å². The van der Waals surface area contributed by atoms with E-state index in [0.717, 1.165) is 12.8 Å². The van der Waals surface area contributed by atoms with Gasteiger partial charge in [0.05, 0.1) is 5.71 Å². The van der Waals surface area contributed by atoms with Crippen LogP contribution in [0.1, 0.15) is 43.7 Å². The Morgan fingerprint density at radius 3 is 2.90 bits per heavy atom. The van der Waals surface area contributed by atoms with Gasteiger partial charge < -0.3 is 0 Å². The van der Waals surface area contributed by atoms with Gasteiger partial charge >= 0.3 is 0 Å². The highest BCUT2D eigenvalue weighted by Gasteiger charge is 2.20. The summed E-state index contributed by atoms with van der Waals surface area (Å²) in [6.45, 7) is 3.74. The summed E-state index contributed by atoms with van der Waals surface area (Å²) < 4.78 is 13.6. The number of aryl methyl sites for hydroxylation is 1. The predicted octanol–water partition coefficient (Wildman–Crippen LogP) is 3.22. The fourth-order valence-electron chi connectivity index (χ4n) is 1.88. The Hall–Kier alpha value is -2.15. The molecule has 0 aromatic heterocycles. The first kappa shape index (κ1) is 14.3. The van der Waals surface area contributed by atoms with Crippen LogP contribution in [0.3, 0.4) is 0 Å². The molecule has 0 spiro atoms. The van der Waals surface area contributed by atoms with E-state index in [1.54, 1.807) is 13.0 Å². The van der Waals surface area contributed by atoms with Crippen molar-refractivity contribution in [3.05, 3.63) is 35.1 Å². The lowest BCUT2D eigenvalue weighted by Crippen LogP contribution is -2.28. The second-order valence-electron chi connectivity index (χ2n) is 4.75. The van der Waals surface area contributed by atoms with Gasteiger partial charge in [0.15, 0.2) is 0 Å². The molecule has 1 amide bonds. The van der Waals surface area contributed by atoms with E-state index in [4.69, 9.17) is 0 Å². The molecule has 20 heavy (non-hydrogen) atoms. The van der Waals surface area contributed by atoms with Crippen LogP contribution in [0.15, 0.2) is 23.3 Å². The second-order valence-corrected chi connectivity index (χ2v) is 4.75. The summed E-state index contributed by atoms with van der Waals surface area (Å²) in [6, 6.07) is 7.75. The molecule has 0 unspecified atom stereocenters. The molecule has 0 bridgehead atoms. The summed E-state index contributed by atoms with van der Waals surface area (Å²) in [7, 11) is 0. The fraction of sp³-hybridized carbons (Fsp3) is 0.375. The van der Waals surface area contributed by atoms with Gasteiger partial charge in [0.25, 0.3) is 5.91 Å². The number of benzene rings is 1. The minimum absolute atomic E-state index is 0.107. The molecule has 1 aliphatic rings. The maximum Gasteiger partial charge on any atom is 0.255 e. The van der Waals surface area contributed by atoms with Gasteiger partial charge in [-0.1, -0.05) is 25.0 Å². The molecule has 1 aromatic rings. The molecule has 0 fully saturated rings. The molecule has 0 atom stereocenters. The first-order valence-electron chi connectivity index (χ1n) is 6.77. The van der Waals surface area contributed by atoms with Gasteiger partial charge in [-0.2, -0.15) is 10.1 Å². The molecule has 1 heterocycles. The minimum atomic E-state index is -0.259. The third-order valence-corrected chi connectivity index (χ3v) is 3.10. The highest BCUT2D eigenvalue weighted by molar-refractivity contribution is 6.04. The van der Waals surface area contributed by atoms with Crippen LogP contribution in [0.2, 0.25) is 0 Å². The Morgan fingerprint density at radius 1 is 1.40 bits per heavy atom. The summed E-state index contributed by atoms with van der Waals surface area (Å²) in [6.07, 6.45) is 2.55. The Balaban J connectivity index is 2.27. The van der Waals surface area contributed by atoms with E-state index >= 15 is 0 Å². The summed E-state index contributed by atoms with van der Waals surface area (Å²) >= 11 is 0. The fourth-order valence-corrected chi connectivity index (χ4v) is 1.88. The highest BCUT2D eigenvalue weighted by atomic mass is 19.1. The van der Waals surface area contributed by atoms with Gasteiger partial charge in [-0.15, -0.1) is 0 Å². The van der Waals surface area contributed by atoms with E-state index in [-0.39, 0.29) is 11.7 Å². The van der Waals surface area contributed by atoms with Crippen molar-refractivity contribution < 1.29 is 9.18 Å². The molecule has 1 aromatic carbocycles. The van der Waals surface area contributed by atoms with Crippen molar-refractivity contribution in [1.82, 2.24) is 5.01 Å². The lowest BCUT2D eigenvalue weighted by atomic mass is 10.0. The van der Waals surface area contributed by atoms with E-state index in [0.29, 0.717) is 29.7 Å². The summed E-state index contributed by atoms with van der Waals surface area (Å²) in [4.78, 5) is 11.7. The number of unbranched alkanes of at least 4 members (excludes halogenated alkanes) is 1. The number of carbonyl (C=O) groups excluding carboxylic acids is 1. The van der Waals surface area contributed by atoms with Crippen molar-refractivity contribution in [1.29, 1.82) is 0 Å². The quantitative estimate of drug-likeness (QED) is 0.761. The van der Waals surface area contributed by atoms with Crippen molar-refractivity contribution in [2.45, 2.75) is 39.5 Å². The van der Waals surface area contributed by atoms with Gasteiger partial charge in [0.2, 0.25) is 0 Å². The van der Waals surface area contributed by atoms with Crippen LogP contribution in [0, 0.1) is 24.7 Å². The third-order valence-electron chi connectivity index (χ3n) is 3.10. The molecule has 0 saturated carbocycles. The van der Waals surface area contributed by atoms with Gasteiger partial charge in [-0.05, 0) is 25.0 Å². The Labute approximate surface area is 118 Å². The number of hydrogen-bond acceptors (Lipinski definition) is 2. The van der Waals surface area contributed by atoms with E-state index in [2.05, 4.69) is 17.1 Å². The van der Waals surface area contributed by atoms with Crippen molar-refractivity contribution >= 4 is 11.6 Å². The molecule has 1 aliphatic heterocycles. The van der Waals surface area contributed by atoms with Crippen LogP contribution in [0.25, 0.3) is 0 Å². The first-order chi connectivity index (χ1) is 9.61. The third kappa shape index (κ3) is 3.24. The summed E-state index contributed by atoms with van der Waals surface area (Å²) in [5.74, 6) is 2.54. The van der Waals surface area contributed by atoms with Crippen LogP contribution >= 0.6 is 0 Å². The van der Waals surface area contributed by atoms with E-state index in [9.17, 15) is 9.18 Å². The number of halogens is 1. The second kappa shape index (κ2) is 6.33. The van der Waals surface area contributed by atoms with Crippen molar-refractivity contribution in [3.8, 4) is 12.0 Å². The lowest BCUT2D eigenvalue weighted by molar-refractivity contribution is -0.128. The number of rotatable bonds is 2. The number of carbonyl (C=O) groups is 1. The van der Waals surface area contributed by atoms with Gasteiger partial charge in [0.1, 0.15) is 5.82 Å². The van der Waals surface area contributed by atoms with E-state index in [1.807, 2.05) is 13.0 Å². The van der Waals surface area contributed by atoms with Crippen molar-refractivity contribution in [2.75, 3.05) is 0 Å². The van der Waals surface area contributed by atoms with Crippen LogP contribution in [-0.2, 0) is 4.79 Å². The molecular weight excluding hydrogens is 255 g/mol. The Morgan fingerprint density at radius 2 is 2.20 bits per heavy atom. The number of nitrogens with zero attached hydrogens (tertiary/aromatic N) is 2. The minimum Gasteiger partial charge on any atom is -0.272 e. The zero-order valence-corrected chi connectivity index (χ0v) is 11.7. The molecule has 104 valence electrons. The Bertz CT molecular complexity index is 611. The van der Waals surface area contributed by atoms with E-state index in [1.165, 1.54) is 11.1 Å². The molecule has 0 radical (unpaired) electrons. The maximum absolute atomic E-state index is 13.6. The summed E-state index contributed by atoms with van der Waals surface area (Å²) in [5.41, 5.74) is 2.01. The van der Waals surface area contributed by atoms with Gasteiger partial charge in [-0.25, -0.2) is 4.39 Å². The number of amides is 1. The van der Waals surface area contributed by atoms with Crippen molar-refractivity contribution in [3.63, 3.8) is 0 Å². The van der Waals surface area contributed by atoms with E-state index < -0.39 is 0 Å². The molecule has 2 rings (SSSR count).